The first-order valence-corrected chi connectivity index (χ1v) is 6.37. The first-order valence-electron chi connectivity index (χ1n) is 5.18. The summed E-state index contributed by atoms with van der Waals surface area (Å²) in [6.07, 6.45) is 1.63. The average Bonchev–Trinajstić information content (AvgIpc) is 2.76. The van der Waals surface area contributed by atoms with Crippen LogP contribution in [0.15, 0.2) is 40.8 Å². The molecule has 0 atom stereocenters. The molecule has 3 rings (SSSR count). The maximum absolute atomic E-state index is 6.12. The van der Waals surface area contributed by atoms with Crippen molar-refractivity contribution in [2.24, 2.45) is 7.05 Å². The molecular weight excluding hydrogens is 270 g/mol. The van der Waals surface area contributed by atoms with Crippen molar-refractivity contribution in [1.29, 1.82) is 0 Å². The molecule has 0 saturated heterocycles. The molecule has 2 heterocycles. The second kappa shape index (κ2) is 4.55. The van der Waals surface area contributed by atoms with Crippen LogP contribution in [0.5, 0.6) is 0 Å². The van der Waals surface area contributed by atoms with Gasteiger partial charge >= 0.3 is 0 Å². The number of fused-ring (bicyclic) bond motifs is 1. The summed E-state index contributed by atoms with van der Waals surface area (Å²) in [5, 5.41) is 9.52. The molecule has 18 heavy (non-hydrogen) atoms. The number of rotatable bonds is 2. The molecule has 7 heteroatoms. The molecule has 0 N–H and O–H groups in total. The number of nitrogens with zero attached hydrogens (tertiary/aromatic N) is 5. The summed E-state index contributed by atoms with van der Waals surface area (Å²) < 4.78 is 1.80. The molecule has 1 aromatic carbocycles. The van der Waals surface area contributed by atoms with E-state index in [1.165, 1.54) is 11.8 Å². The monoisotopic (exact) mass is 277 g/mol. The molecule has 0 amide bonds. The summed E-state index contributed by atoms with van der Waals surface area (Å²) in [7, 11) is 1.87. The lowest BCUT2D eigenvalue weighted by Crippen LogP contribution is -1.93. The van der Waals surface area contributed by atoms with E-state index in [0.717, 1.165) is 16.2 Å². The smallest absolute Gasteiger partial charge is 0.197 e. The van der Waals surface area contributed by atoms with Gasteiger partial charge in [-0.05, 0) is 23.9 Å². The van der Waals surface area contributed by atoms with Gasteiger partial charge in [0.05, 0.1) is 11.0 Å². The van der Waals surface area contributed by atoms with Gasteiger partial charge < -0.3 is 4.57 Å². The van der Waals surface area contributed by atoms with E-state index in [1.807, 2.05) is 31.3 Å². The van der Waals surface area contributed by atoms with E-state index in [-0.39, 0.29) is 0 Å². The normalized spacial score (nSPS) is 11.0. The highest BCUT2D eigenvalue weighted by Gasteiger charge is 2.11. The standard InChI is InChI=1S/C11H8ClN5S/c1-17-6-13-16-11(17)18-10-9(12)14-7-4-2-3-5-8(7)15-10/h2-6H,1H3. The van der Waals surface area contributed by atoms with E-state index >= 15 is 0 Å². The van der Waals surface area contributed by atoms with Crippen LogP contribution in [0.1, 0.15) is 0 Å². The fraction of sp³-hybridized carbons (Fsp3) is 0.0909. The number of hydrogen-bond donors (Lipinski definition) is 0. The highest BCUT2D eigenvalue weighted by atomic mass is 35.5. The molecule has 0 spiro atoms. The Bertz CT molecular complexity index is 711. The van der Waals surface area contributed by atoms with Crippen LogP contribution in [0.2, 0.25) is 5.15 Å². The van der Waals surface area contributed by atoms with Gasteiger partial charge in [-0.25, -0.2) is 9.97 Å². The average molecular weight is 278 g/mol. The number of para-hydroxylation sites is 2. The molecule has 3 aromatic rings. The molecule has 0 aliphatic carbocycles. The van der Waals surface area contributed by atoms with Gasteiger partial charge in [-0.1, -0.05) is 23.7 Å². The predicted octanol–water partition coefficient (Wildman–Crippen LogP) is 2.56. The Labute approximate surface area is 112 Å². The number of benzene rings is 1. The number of hydrogen-bond acceptors (Lipinski definition) is 5. The van der Waals surface area contributed by atoms with Gasteiger partial charge in [0.2, 0.25) is 0 Å². The third kappa shape index (κ3) is 2.04. The predicted molar refractivity (Wildman–Crippen MR) is 69.7 cm³/mol. The van der Waals surface area contributed by atoms with Gasteiger partial charge in [-0.3, -0.25) is 0 Å². The fourth-order valence-electron chi connectivity index (χ4n) is 1.48. The minimum absolute atomic E-state index is 0.377. The quantitative estimate of drug-likeness (QED) is 0.720. The molecule has 0 unspecified atom stereocenters. The van der Waals surface area contributed by atoms with E-state index in [1.54, 1.807) is 10.9 Å². The van der Waals surface area contributed by atoms with E-state index in [4.69, 9.17) is 11.6 Å². The van der Waals surface area contributed by atoms with E-state index in [2.05, 4.69) is 20.2 Å². The first kappa shape index (κ1) is 11.4. The van der Waals surface area contributed by atoms with Crippen molar-refractivity contribution in [3.63, 3.8) is 0 Å². The summed E-state index contributed by atoms with van der Waals surface area (Å²) >= 11 is 7.47. The van der Waals surface area contributed by atoms with Gasteiger partial charge in [0.25, 0.3) is 0 Å². The summed E-state index contributed by atoms with van der Waals surface area (Å²) in [6.45, 7) is 0. The summed E-state index contributed by atoms with van der Waals surface area (Å²) in [4.78, 5) is 8.79. The molecule has 0 aliphatic rings. The van der Waals surface area contributed by atoms with Crippen molar-refractivity contribution >= 4 is 34.4 Å². The largest absolute Gasteiger partial charge is 0.311 e. The van der Waals surface area contributed by atoms with Crippen LogP contribution in [0, 0.1) is 0 Å². The Morgan fingerprint density at radius 1 is 1.17 bits per heavy atom. The fourth-order valence-corrected chi connectivity index (χ4v) is 2.45. The molecule has 0 saturated carbocycles. The zero-order valence-corrected chi connectivity index (χ0v) is 11.0. The van der Waals surface area contributed by atoms with Crippen LogP contribution < -0.4 is 0 Å². The maximum atomic E-state index is 6.12. The van der Waals surface area contributed by atoms with E-state index in [0.29, 0.717) is 10.2 Å². The van der Waals surface area contributed by atoms with Crippen LogP contribution in [-0.4, -0.2) is 24.7 Å². The lowest BCUT2D eigenvalue weighted by Gasteiger charge is -2.03. The van der Waals surface area contributed by atoms with Crippen molar-refractivity contribution < 1.29 is 0 Å². The first-order chi connectivity index (χ1) is 8.74. The molecule has 90 valence electrons. The van der Waals surface area contributed by atoms with Crippen LogP contribution in [-0.2, 0) is 7.05 Å². The Balaban J connectivity index is 2.06. The van der Waals surface area contributed by atoms with Gasteiger partial charge in [-0.2, -0.15) is 0 Å². The third-order valence-electron chi connectivity index (χ3n) is 2.36. The zero-order valence-electron chi connectivity index (χ0n) is 9.41. The number of halogens is 1. The van der Waals surface area contributed by atoms with Crippen molar-refractivity contribution in [1.82, 2.24) is 24.7 Å². The molecule has 0 aliphatic heterocycles. The molecule has 0 fully saturated rings. The molecule has 2 aromatic heterocycles. The van der Waals surface area contributed by atoms with Crippen molar-refractivity contribution in [3.8, 4) is 0 Å². The van der Waals surface area contributed by atoms with Gasteiger partial charge in [0.15, 0.2) is 10.3 Å². The van der Waals surface area contributed by atoms with E-state index in [9.17, 15) is 0 Å². The van der Waals surface area contributed by atoms with Crippen LogP contribution in [0.3, 0.4) is 0 Å². The summed E-state index contributed by atoms with van der Waals surface area (Å²) in [5.74, 6) is 0. The van der Waals surface area contributed by atoms with Gasteiger partial charge in [-0.15, -0.1) is 10.2 Å². The molecule has 0 bridgehead atoms. The van der Waals surface area contributed by atoms with Crippen molar-refractivity contribution in [2.45, 2.75) is 10.2 Å². The Hall–Kier alpha value is -1.66. The van der Waals surface area contributed by atoms with Crippen molar-refractivity contribution in [3.05, 3.63) is 35.7 Å². The Kier molecular flexibility index (Phi) is 2.89. The maximum Gasteiger partial charge on any atom is 0.197 e. The number of aromatic nitrogens is 5. The van der Waals surface area contributed by atoms with Crippen molar-refractivity contribution in [2.75, 3.05) is 0 Å². The van der Waals surface area contributed by atoms with Crippen LogP contribution in [0.25, 0.3) is 11.0 Å². The molecule has 5 nitrogen and oxygen atoms in total. The minimum Gasteiger partial charge on any atom is -0.311 e. The molecule has 0 radical (unpaired) electrons. The Morgan fingerprint density at radius 3 is 2.56 bits per heavy atom. The lowest BCUT2D eigenvalue weighted by molar-refractivity contribution is 0.787. The number of aryl methyl sites for hydroxylation is 1. The minimum atomic E-state index is 0.377. The second-order valence-electron chi connectivity index (χ2n) is 3.63. The van der Waals surface area contributed by atoms with Gasteiger partial charge in [0.1, 0.15) is 11.4 Å². The highest BCUT2D eigenvalue weighted by Crippen LogP contribution is 2.30. The highest BCUT2D eigenvalue weighted by molar-refractivity contribution is 7.99. The van der Waals surface area contributed by atoms with Crippen LogP contribution >= 0.6 is 23.4 Å². The SMILES string of the molecule is Cn1cnnc1Sc1nc2ccccc2nc1Cl. The second-order valence-corrected chi connectivity index (χ2v) is 4.95. The lowest BCUT2D eigenvalue weighted by atomic mass is 10.3. The third-order valence-corrected chi connectivity index (χ3v) is 3.76. The molecular formula is C11H8ClN5S. The van der Waals surface area contributed by atoms with E-state index < -0.39 is 0 Å². The Morgan fingerprint density at radius 2 is 1.89 bits per heavy atom. The summed E-state index contributed by atoms with van der Waals surface area (Å²) in [5.41, 5.74) is 1.59. The van der Waals surface area contributed by atoms with Crippen LogP contribution in [0.4, 0.5) is 0 Å². The summed E-state index contributed by atoms with van der Waals surface area (Å²) in [6, 6.07) is 7.61. The topological polar surface area (TPSA) is 56.5 Å². The van der Waals surface area contributed by atoms with Gasteiger partial charge in [0, 0.05) is 7.05 Å². The zero-order chi connectivity index (χ0) is 12.5.